The first-order chi connectivity index (χ1) is 4.65. The molecule has 1 fully saturated rings. The standard InChI is InChI=1S/C8H16N2/c1-7(9)8(10)5-3-2-4-6-8/h9H,2-6,10H2,1H3. The van der Waals surface area contributed by atoms with Crippen molar-refractivity contribution in [1.82, 2.24) is 0 Å². The zero-order valence-electron chi connectivity index (χ0n) is 6.61. The summed E-state index contributed by atoms with van der Waals surface area (Å²) < 4.78 is 0. The van der Waals surface area contributed by atoms with Gasteiger partial charge in [-0.05, 0) is 19.8 Å². The molecule has 0 aromatic heterocycles. The van der Waals surface area contributed by atoms with Crippen LogP contribution in [-0.4, -0.2) is 11.3 Å². The van der Waals surface area contributed by atoms with Gasteiger partial charge in [-0.3, -0.25) is 0 Å². The topological polar surface area (TPSA) is 49.9 Å². The van der Waals surface area contributed by atoms with Gasteiger partial charge in [-0.15, -0.1) is 0 Å². The molecule has 1 rings (SSSR count). The summed E-state index contributed by atoms with van der Waals surface area (Å²) in [6, 6.07) is 0. The van der Waals surface area contributed by atoms with Crippen LogP contribution in [0.25, 0.3) is 0 Å². The van der Waals surface area contributed by atoms with E-state index in [0.29, 0.717) is 5.71 Å². The average Bonchev–Trinajstić information content (AvgIpc) is 1.89. The number of nitrogens with two attached hydrogens (primary N) is 1. The second kappa shape index (κ2) is 2.70. The Morgan fingerprint density at radius 1 is 1.30 bits per heavy atom. The molecule has 0 unspecified atom stereocenters. The van der Waals surface area contributed by atoms with Gasteiger partial charge < -0.3 is 11.1 Å². The van der Waals surface area contributed by atoms with Crippen LogP contribution in [0, 0.1) is 5.41 Å². The van der Waals surface area contributed by atoms with E-state index in [1.54, 1.807) is 0 Å². The van der Waals surface area contributed by atoms with Crippen LogP contribution >= 0.6 is 0 Å². The van der Waals surface area contributed by atoms with Crippen LogP contribution in [0.2, 0.25) is 0 Å². The lowest BCUT2D eigenvalue weighted by Gasteiger charge is -2.32. The lowest BCUT2D eigenvalue weighted by Crippen LogP contribution is -2.47. The molecule has 0 spiro atoms. The molecule has 0 bridgehead atoms. The van der Waals surface area contributed by atoms with Gasteiger partial charge in [0.25, 0.3) is 0 Å². The van der Waals surface area contributed by atoms with Crippen LogP contribution in [0.15, 0.2) is 0 Å². The highest BCUT2D eigenvalue weighted by Gasteiger charge is 2.28. The Morgan fingerprint density at radius 2 is 1.80 bits per heavy atom. The van der Waals surface area contributed by atoms with Gasteiger partial charge in [0.15, 0.2) is 0 Å². The van der Waals surface area contributed by atoms with E-state index in [1.807, 2.05) is 6.92 Å². The van der Waals surface area contributed by atoms with Gasteiger partial charge in [-0.1, -0.05) is 19.3 Å². The van der Waals surface area contributed by atoms with Crippen molar-refractivity contribution in [3.63, 3.8) is 0 Å². The van der Waals surface area contributed by atoms with E-state index in [4.69, 9.17) is 11.1 Å². The van der Waals surface area contributed by atoms with E-state index in [9.17, 15) is 0 Å². The van der Waals surface area contributed by atoms with Crippen molar-refractivity contribution >= 4 is 5.71 Å². The van der Waals surface area contributed by atoms with E-state index >= 15 is 0 Å². The smallest absolute Gasteiger partial charge is 0.0534 e. The minimum atomic E-state index is -0.238. The van der Waals surface area contributed by atoms with Gasteiger partial charge in [0, 0.05) is 5.71 Å². The zero-order chi connectivity index (χ0) is 7.61. The summed E-state index contributed by atoms with van der Waals surface area (Å²) in [5.41, 5.74) is 6.40. The average molecular weight is 140 g/mol. The van der Waals surface area contributed by atoms with Crippen molar-refractivity contribution in [2.45, 2.75) is 44.6 Å². The second-order valence-electron chi connectivity index (χ2n) is 3.34. The largest absolute Gasteiger partial charge is 0.320 e. The first-order valence-corrected chi connectivity index (χ1v) is 4.00. The summed E-state index contributed by atoms with van der Waals surface area (Å²) in [5, 5.41) is 7.46. The van der Waals surface area contributed by atoms with Crippen LogP contribution in [0.5, 0.6) is 0 Å². The van der Waals surface area contributed by atoms with Gasteiger partial charge in [0.1, 0.15) is 0 Å². The third-order valence-corrected chi connectivity index (χ3v) is 2.49. The van der Waals surface area contributed by atoms with E-state index in [0.717, 1.165) is 12.8 Å². The highest BCUT2D eigenvalue weighted by molar-refractivity contribution is 5.88. The zero-order valence-corrected chi connectivity index (χ0v) is 6.61. The fourth-order valence-corrected chi connectivity index (χ4v) is 1.56. The van der Waals surface area contributed by atoms with E-state index in [-0.39, 0.29) is 5.54 Å². The van der Waals surface area contributed by atoms with E-state index < -0.39 is 0 Å². The highest BCUT2D eigenvalue weighted by Crippen LogP contribution is 2.26. The summed E-state index contributed by atoms with van der Waals surface area (Å²) in [4.78, 5) is 0. The number of hydrogen-bond donors (Lipinski definition) is 2. The number of nitrogens with one attached hydrogen (secondary N) is 1. The Bertz CT molecular complexity index is 134. The Morgan fingerprint density at radius 3 is 2.10 bits per heavy atom. The molecule has 10 heavy (non-hydrogen) atoms. The third-order valence-electron chi connectivity index (χ3n) is 2.49. The molecule has 0 aromatic rings. The van der Waals surface area contributed by atoms with Gasteiger partial charge in [0.2, 0.25) is 0 Å². The molecule has 2 heteroatoms. The monoisotopic (exact) mass is 140 g/mol. The molecule has 2 nitrogen and oxygen atoms in total. The van der Waals surface area contributed by atoms with E-state index in [1.165, 1.54) is 19.3 Å². The van der Waals surface area contributed by atoms with Crippen molar-refractivity contribution in [3.05, 3.63) is 0 Å². The van der Waals surface area contributed by atoms with Gasteiger partial charge in [-0.25, -0.2) is 0 Å². The molecule has 1 saturated carbocycles. The predicted octanol–water partition coefficient (Wildman–Crippen LogP) is 1.69. The molecular formula is C8H16N2. The Labute approximate surface area is 62.3 Å². The molecule has 3 N–H and O–H groups in total. The molecular weight excluding hydrogens is 124 g/mol. The minimum Gasteiger partial charge on any atom is -0.320 e. The molecule has 1 aliphatic carbocycles. The summed E-state index contributed by atoms with van der Waals surface area (Å²) in [6.07, 6.45) is 5.73. The first kappa shape index (κ1) is 7.73. The molecule has 0 aromatic carbocycles. The maximum atomic E-state index is 7.46. The number of hydrogen-bond acceptors (Lipinski definition) is 2. The molecule has 0 atom stereocenters. The van der Waals surface area contributed by atoms with Crippen molar-refractivity contribution in [2.75, 3.05) is 0 Å². The Hall–Kier alpha value is -0.370. The quantitative estimate of drug-likeness (QED) is 0.535. The van der Waals surface area contributed by atoms with Crippen molar-refractivity contribution in [1.29, 1.82) is 5.41 Å². The van der Waals surface area contributed by atoms with E-state index in [2.05, 4.69) is 0 Å². The molecule has 58 valence electrons. The lowest BCUT2D eigenvalue weighted by molar-refractivity contribution is 0.378. The summed E-state index contributed by atoms with van der Waals surface area (Å²) in [7, 11) is 0. The maximum Gasteiger partial charge on any atom is 0.0534 e. The molecule has 0 aliphatic heterocycles. The number of rotatable bonds is 1. The Kier molecular flexibility index (Phi) is 2.09. The third kappa shape index (κ3) is 1.37. The summed E-state index contributed by atoms with van der Waals surface area (Å²) in [5.74, 6) is 0. The lowest BCUT2D eigenvalue weighted by atomic mass is 9.80. The van der Waals surface area contributed by atoms with Gasteiger partial charge in [0.05, 0.1) is 5.54 Å². The molecule has 0 saturated heterocycles. The molecule has 0 amide bonds. The predicted molar refractivity (Wildman–Crippen MR) is 43.4 cm³/mol. The van der Waals surface area contributed by atoms with Crippen LogP contribution in [0.3, 0.4) is 0 Å². The fourth-order valence-electron chi connectivity index (χ4n) is 1.56. The van der Waals surface area contributed by atoms with Gasteiger partial charge in [-0.2, -0.15) is 0 Å². The minimum absolute atomic E-state index is 0.238. The van der Waals surface area contributed by atoms with Crippen LogP contribution in [0.4, 0.5) is 0 Å². The van der Waals surface area contributed by atoms with Gasteiger partial charge >= 0.3 is 0 Å². The van der Waals surface area contributed by atoms with Crippen LogP contribution < -0.4 is 5.73 Å². The van der Waals surface area contributed by atoms with Crippen LogP contribution in [-0.2, 0) is 0 Å². The van der Waals surface area contributed by atoms with Crippen molar-refractivity contribution in [2.24, 2.45) is 5.73 Å². The van der Waals surface area contributed by atoms with Crippen molar-refractivity contribution in [3.8, 4) is 0 Å². The van der Waals surface area contributed by atoms with Crippen molar-refractivity contribution < 1.29 is 0 Å². The highest BCUT2D eigenvalue weighted by atomic mass is 14.8. The van der Waals surface area contributed by atoms with Crippen LogP contribution in [0.1, 0.15) is 39.0 Å². The molecule has 1 aliphatic rings. The maximum absolute atomic E-state index is 7.46. The first-order valence-electron chi connectivity index (χ1n) is 4.00. The normalized spacial score (nSPS) is 24.2. The molecule has 0 heterocycles. The molecule has 0 radical (unpaired) electrons. The summed E-state index contributed by atoms with van der Waals surface area (Å²) in [6.45, 7) is 1.82. The second-order valence-corrected chi connectivity index (χ2v) is 3.34. The SMILES string of the molecule is CC(=N)C1(N)CCCCC1. The summed E-state index contributed by atoms with van der Waals surface area (Å²) >= 11 is 0. The Balaban J connectivity index is 2.56. The fraction of sp³-hybridized carbons (Fsp3) is 0.875.